The van der Waals surface area contributed by atoms with Crippen LogP contribution in [0.2, 0.25) is 0 Å². The lowest BCUT2D eigenvalue weighted by Gasteiger charge is -2.09. The molecule has 0 saturated heterocycles. The minimum Gasteiger partial charge on any atom is -0.267 e. The highest BCUT2D eigenvalue weighted by atomic mass is 32.1. The molecule has 0 unspecified atom stereocenters. The largest absolute Gasteiger partial charge is 0.284 e. The molecule has 1 aliphatic rings. The molecule has 0 N–H and O–H groups in total. The molecule has 6 heteroatoms. The summed E-state index contributed by atoms with van der Waals surface area (Å²) in [5, 5.41) is 5.08. The van der Waals surface area contributed by atoms with E-state index in [0.29, 0.717) is 5.78 Å². The first-order chi connectivity index (χ1) is 11.7. The zero-order valence-corrected chi connectivity index (χ0v) is 14.1. The van der Waals surface area contributed by atoms with Gasteiger partial charge in [-0.2, -0.15) is 9.61 Å². The van der Waals surface area contributed by atoms with Gasteiger partial charge in [0.25, 0.3) is 5.56 Å². The summed E-state index contributed by atoms with van der Waals surface area (Å²) < 4.78 is 3.31. The van der Waals surface area contributed by atoms with Crippen molar-refractivity contribution >= 4 is 27.3 Å². The Kier molecular flexibility index (Phi) is 2.91. The molecule has 0 amide bonds. The zero-order valence-electron chi connectivity index (χ0n) is 13.3. The van der Waals surface area contributed by atoms with Gasteiger partial charge in [0.05, 0.1) is 11.1 Å². The van der Waals surface area contributed by atoms with E-state index in [1.165, 1.54) is 26.9 Å². The highest BCUT2D eigenvalue weighted by Crippen LogP contribution is 2.33. The SMILES string of the molecule is Cc1ccc(-n2cnn3c(=O)c4c5c(sc4nc23)CCCC5)cc1. The second-order valence-electron chi connectivity index (χ2n) is 6.36. The van der Waals surface area contributed by atoms with Crippen molar-refractivity contribution in [2.45, 2.75) is 32.6 Å². The molecule has 0 radical (unpaired) electrons. The first kappa shape index (κ1) is 13.9. The standard InChI is InChI=1S/C18H16N4OS/c1-11-6-8-12(9-7-11)21-10-19-22-17(23)15-13-4-2-3-5-14(13)24-16(15)20-18(21)22/h6-10H,2-5H2,1H3. The van der Waals surface area contributed by atoms with Gasteiger partial charge in [-0.1, -0.05) is 17.7 Å². The summed E-state index contributed by atoms with van der Waals surface area (Å²) in [6.45, 7) is 2.05. The lowest BCUT2D eigenvalue weighted by molar-refractivity contribution is 0.699. The number of hydrogen-bond acceptors (Lipinski definition) is 4. The van der Waals surface area contributed by atoms with E-state index in [2.05, 4.69) is 12.0 Å². The molecule has 1 aromatic carbocycles. The van der Waals surface area contributed by atoms with E-state index >= 15 is 0 Å². The molecule has 120 valence electrons. The number of benzene rings is 1. The first-order valence-corrected chi connectivity index (χ1v) is 9.02. The Hall–Kier alpha value is -2.47. The van der Waals surface area contributed by atoms with E-state index in [1.54, 1.807) is 17.7 Å². The van der Waals surface area contributed by atoms with Crippen molar-refractivity contribution in [2.24, 2.45) is 0 Å². The second kappa shape index (κ2) is 5.01. The molecule has 0 bridgehead atoms. The first-order valence-electron chi connectivity index (χ1n) is 8.20. The van der Waals surface area contributed by atoms with Crippen LogP contribution in [0.15, 0.2) is 35.4 Å². The van der Waals surface area contributed by atoms with Gasteiger partial charge in [0.1, 0.15) is 11.2 Å². The molecular weight excluding hydrogens is 320 g/mol. The van der Waals surface area contributed by atoms with Crippen molar-refractivity contribution in [3.05, 3.63) is 57.0 Å². The minimum absolute atomic E-state index is 0.0414. The van der Waals surface area contributed by atoms with Crippen LogP contribution in [0, 0.1) is 6.92 Å². The third-order valence-electron chi connectivity index (χ3n) is 4.76. The van der Waals surface area contributed by atoms with Crippen molar-refractivity contribution in [3.8, 4) is 5.69 Å². The molecule has 0 fully saturated rings. The quantitative estimate of drug-likeness (QED) is 0.536. The Labute approximate surface area is 142 Å². The number of aromatic nitrogens is 4. The summed E-state index contributed by atoms with van der Waals surface area (Å²) >= 11 is 1.67. The van der Waals surface area contributed by atoms with Crippen LogP contribution >= 0.6 is 11.3 Å². The number of rotatable bonds is 1. The van der Waals surface area contributed by atoms with Crippen LogP contribution in [-0.2, 0) is 12.8 Å². The van der Waals surface area contributed by atoms with E-state index in [0.717, 1.165) is 35.2 Å². The topological polar surface area (TPSA) is 52.2 Å². The maximum absolute atomic E-state index is 13.0. The van der Waals surface area contributed by atoms with Crippen LogP contribution < -0.4 is 5.56 Å². The van der Waals surface area contributed by atoms with Crippen LogP contribution in [-0.4, -0.2) is 19.2 Å². The van der Waals surface area contributed by atoms with Gasteiger partial charge in [-0.25, -0.2) is 4.98 Å². The van der Waals surface area contributed by atoms with E-state index in [4.69, 9.17) is 4.98 Å². The van der Waals surface area contributed by atoms with Gasteiger partial charge in [-0.15, -0.1) is 11.3 Å². The summed E-state index contributed by atoms with van der Waals surface area (Å²) in [6.07, 6.45) is 6.07. The molecule has 4 aromatic rings. The predicted octanol–water partition coefficient (Wildman–Crippen LogP) is 3.28. The summed E-state index contributed by atoms with van der Waals surface area (Å²) in [5.74, 6) is 0.579. The second-order valence-corrected chi connectivity index (χ2v) is 7.44. The van der Waals surface area contributed by atoms with Crippen molar-refractivity contribution in [1.29, 1.82) is 0 Å². The summed E-state index contributed by atoms with van der Waals surface area (Å²) in [5.41, 5.74) is 3.32. The van der Waals surface area contributed by atoms with Crippen LogP contribution in [0.1, 0.15) is 28.8 Å². The minimum atomic E-state index is -0.0414. The summed E-state index contributed by atoms with van der Waals surface area (Å²) in [7, 11) is 0. The molecule has 1 aliphatic carbocycles. The van der Waals surface area contributed by atoms with Crippen LogP contribution in [0.3, 0.4) is 0 Å². The van der Waals surface area contributed by atoms with Gasteiger partial charge >= 0.3 is 0 Å². The smallest absolute Gasteiger partial charge is 0.267 e. The normalized spacial score (nSPS) is 14.4. The number of aryl methyl sites for hydroxylation is 3. The fourth-order valence-corrected chi connectivity index (χ4v) is 4.74. The lowest BCUT2D eigenvalue weighted by Crippen LogP contribution is -2.17. The Bertz CT molecular complexity index is 1130. The van der Waals surface area contributed by atoms with E-state index in [-0.39, 0.29) is 5.56 Å². The maximum atomic E-state index is 13.0. The van der Waals surface area contributed by atoms with Crippen molar-refractivity contribution < 1.29 is 0 Å². The van der Waals surface area contributed by atoms with E-state index in [1.807, 2.05) is 28.8 Å². The van der Waals surface area contributed by atoms with Crippen molar-refractivity contribution in [2.75, 3.05) is 0 Å². The number of thiophene rings is 1. The van der Waals surface area contributed by atoms with Gasteiger partial charge in [-0.3, -0.25) is 9.36 Å². The fourth-order valence-electron chi connectivity index (χ4n) is 3.49. The van der Waals surface area contributed by atoms with Gasteiger partial charge < -0.3 is 0 Å². The van der Waals surface area contributed by atoms with Crippen LogP contribution in [0.5, 0.6) is 0 Å². The van der Waals surface area contributed by atoms with E-state index in [9.17, 15) is 4.79 Å². The Morgan fingerprint density at radius 1 is 1.12 bits per heavy atom. The predicted molar refractivity (Wildman–Crippen MR) is 95.3 cm³/mol. The monoisotopic (exact) mass is 336 g/mol. The van der Waals surface area contributed by atoms with Gasteiger partial charge in [-0.05, 0) is 50.3 Å². The number of nitrogens with zero attached hydrogens (tertiary/aromatic N) is 4. The lowest BCUT2D eigenvalue weighted by atomic mass is 9.97. The Morgan fingerprint density at radius 3 is 2.75 bits per heavy atom. The van der Waals surface area contributed by atoms with Crippen LogP contribution in [0.25, 0.3) is 21.7 Å². The maximum Gasteiger partial charge on any atom is 0.284 e. The number of fused-ring (bicyclic) bond motifs is 4. The Morgan fingerprint density at radius 2 is 1.92 bits per heavy atom. The average molecular weight is 336 g/mol. The third kappa shape index (κ3) is 1.89. The highest BCUT2D eigenvalue weighted by molar-refractivity contribution is 7.18. The van der Waals surface area contributed by atoms with Gasteiger partial charge in [0.2, 0.25) is 5.78 Å². The molecule has 0 aliphatic heterocycles. The third-order valence-corrected chi connectivity index (χ3v) is 5.95. The van der Waals surface area contributed by atoms with Gasteiger partial charge in [0, 0.05) is 4.88 Å². The Balaban J connectivity index is 1.82. The molecule has 24 heavy (non-hydrogen) atoms. The van der Waals surface area contributed by atoms with Gasteiger partial charge in [0.15, 0.2) is 0 Å². The molecule has 0 saturated carbocycles. The fraction of sp³-hybridized carbons (Fsp3) is 0.278. The molecule has 0 atom stereocenters. The van der Waals surface area contributed by atoms with Crippen molar-refractivity contribution in [3.63, 3.8) is 0 Å². The molecule has 5 nitrogen and oxygen atoms in total. The zero-order chi connectivity index (χ0) is 16.3. The molecule has 0 spiro atoms. The van der Waals surface area contributed by atoms with Crippen molar-refractivity contribution in [1.82, 2.24) is 19.2 Å². The average Bonchev–Trinajstić information content (AvgIpc) is 3.17. The molecule has 3 aromatic heterocycles. The molecule has 3 heterocycles. The summed E-state index contributed by atoms with van der Waals surface area (Å²) in [6, 6.07) is 8.14. The van der Waals surface area contributed by atoms with Crippen LogP contribution in [0.4, 0.5) is 0 Å². The molecular formula is C18H16N4OS. The van der Waals surface area contributed by atoms with E-state index < -0.39 is 0 Å². The number of hydrogen-bond donors (Lipinski definition) is 0. The summed E-state index contributed by atoms with van der Waals surface area (Å²) in [4.78, 5) is 19.9. The highest BCUT2D eigenvalue weighted by Gasteiger charge is 2.21. The molecule has 5 rings (SSSR count).